The van der Waals surface area contributed by atoms with Crippen molar-refractivity contribution >= 4 is 53.7 Å². The number of likely N-dealkylation sites (tertiary alicyclic amines) is 1. The fourth-order valence-corrected chi connectivity index (χ4v) is 4.34. The zero-order valence-electron chi connectivity index (χ0n) is 12.5. The molecule has 0 aliphatic carbocycles. The molecule has 0 unspecified atom stereocenters. The summed E-state index contributed by atoms with van der Waals surface area (Å²) in [5.41, 5.74) is 2.69. The fraction of sp³-hybridized carbons (Fsp3) is 0.333. The van der Waals surface area contributed by atoms with Crippen molar-refractivity contribution in [2.75, 3.05) is 20.1 Å². The Bertz CT molecular complexity index is 786. The highest BCUT2D eigenvalue weighted by atomic mass is 79.9. The SMILES string of the molecule is CN1CCC(n2c3cc(Br)ccc3c3ccc(Br)cc32)CC1. The van der Waals surface area contributed by atoms with Crippen molar-refractivity contribution in [3.05, 3.63) is 45.3 Å². The van der Waals surface area contributed by atoms with E-state index < -0.39 is 0 Å². The molecule has 0 amide bonds. The molecule has 1 saturated heterocycles. The van der Waals surface area contributed by atoms with Crippen molar-refractivity contribution in [2.24, 2.45) is 0 Å². The van der Waals surface area contributed by atoms with Crippen LogP contribution in [-0.4, -0.2) is 29.6 Å². The van der Waals surface area contributed by atoms with Crippen LogP contribution in [0.15, 0.2) is 45.3 Å². The summed E-state index contributed by atoms with van der Waals surface area (Å²) in [6, 6.07) is 13.9. The predicted molar refractivity (Wildman–Crippen MR) is 101 cm³/mol. The smallest absolute Gasteiger partial charge is 0.0505 e. The molecule has 4 rings (SSSR count). The summed E-state index contributed by atoms with van der Waals surface area (Å²) < 4.78 is 4.86. The lowest BCUT2D eigenvalue weighted by Crippen LogP contribution is -2.31. The highest BCUT2D eigenvalue weighted by Gasteiger charge is 2.22. The number of hydrogen-bond donors (Lipinski definition) is 0. The Balaban J connectivity index is 2.00. The van der Waals surface area contributed by atoms with Crippen molar-refractivity contribution in [2.45, 2.75) is 18.9 Å². The Morgan fingerprint density at radius 2 is 1.36 bits per heavy atom. The van der Waals surface area contributed by atoms with Gasteiger partial charge in [-0.1, -0.05) is 44.0 Å². The molecule has 2 aromatic carbocycles. The van der Waals surface area contributed by atoms with E-state index in [0.717, 1.165) is 8.95 Å². The fourth-order valence-electron chi connectivity index (χ4n) is 3.64. The molecule has 1 fully saturated rings. The molecule has 0 bridgehead atoms. The summed E-state index contributed by atoms with van der Waals surface area (Å²) in [6.07, 6.45) is 2.43. The Kier molecular flexibility index (Phi) is 3.79. The second kappa shape index (κ2) is 5.66. The summed E-state index contributed by atoms with van der Waals surface area (Å²) in [6.45, 7) is 2.35. The summed E-state index contributed by atoms with van der Waals surface area (Å²) in [5.74, 6) is 0. The van der Waals surface area contributed by atoms with Crippen LogP contribution in [0.2, 0.25) is 0 Å². The summed E-state index contributed by atoms with van der Waals surface area (Å²) in [5, 5.41) is 2.70. The van der Waals surface area contributed by atoms with E-state index in [0.29, 0.717) is 6.04 Å². The Morgan fingerprint density at radius 1 is 0.864 bits per heavy atom. The van der Waals surface area contributed by atoms with Gasteiger partial charge >= 0.3 is 0 Å². The molecule has 0 spiro atoms. The van der Waals surface area contributed by atoms with Gasteiger partial charge in [0.05, 0.1) is 11.0 Å². The van der Waals surface area contributed by atoms with Gasteiger partial charge < -0.3 is 9.47 Å². The number of benzene rings is 2. The highest BCUT2D eigenvalue weighted by Crippen LogP contribution is 2.37. The average molecular weight is 422 g/mol. The minimum atomic E-state index is 0.583. The third-order valence-corrected chi connectivity index (χ3v) is 5.77. The summed E-state index contributed by atoms with van der Waals surface area (Å²) >= 11 is 7.28. The van der Waals surface area contributed by atoms with Crippen LogP contribution in [0.25, 0.3) is 21.8 Å². The van der Waals surface area contributed by atoms with Crippen molar-refractivity contribution in [1.29, 1.82) is 0 Å². The maximum absolute atomic E-state index is 3.64. The molecule has 1 aromatic heterocycles. The third kappa shape index (κ3) is 2.41. The van der Waals surface area contributed by atoms with E-state index in [-0.39, 0.29) is 0 Å². The molecule has 1 aliphatic rings. The molecular formula is C18H18Br2N2. The molecule has 22 heavy (non-hydrogen) atoms. The maximum atomic E-state index is 3.64. The van der Waals surface area contributed by atoms with Gasteiger partial charge in [0, 0.05) is 25.8 Å². The van der Waals surface area contributed by atoms with Crippen molar-refractivity contribution in [3.63, 3.8) is 0 Å². The van der Waals surface area contributed by atoms with Crippen LogP contribution >= 0.6 is 31.9 Å². The minimum absolute atomic E-state index is 0.583. The van der Waals surface area contributed by atoms with Gasteiger partial charge in [-0.25, -0.2) is 0 Å². The number of piperidine rings is 1. The second-order valence-electron chi connectivity index (χ2n) is 6.23. The first kappa shape index (κ1) is 14.7. The van der Waals surface area contributed by atoms with E-state index >= 15 is 0 Å². The lowest BCUT2D eigenvalue weighted by atomic mass is 10.0. The van der Waals surface area contributed by atoms with Crippen LogP contribution in [0.4, 0.5) is 0 Å². The van der Waals surface area contributed by atoms with Crippen LogP contribution in [0.5, 0.6) is 0 Å². The van der Waals surface area contributed by atoms with Gasteiger partial charge in [0.15, 0.2) is 0 Å². The van der Waals surface area contributed by atoms with E-state index in [4.69, 9.17) is 0 Å². The van der Waals surface area contributed by atoms with Crippen LogP contribution in [-0.2, 0) is 0 Å². The van der Waals surface area contributed by atoms with Crippen molar-refractivity contribution < 1.29 is 0 Å². The van der Waals surface area contributed by atoms with Crippen LogP contribution in [0, 0.1) is 0 Å². The zero-order valence-corrected chi connectivity index (χ0v) is 15.7. The molecule has 3 aromatic rings. The number of aromatic nitrogens is 1. The van der Waals surface area contributed by atoms with Gasteiger partial charge in [0.1, 0.15) is 0 Å². The number of hydrogen-bond acceptors (Lipinski definition) is 1. The molecule has 0 radical (unpaired) electrons. The van der Waals surface area contributed by atoms with Gasteiger partial charge in [-0.05, 0) is 57.2 Å². The topological polar surface area (TPSA) is 8.17 Å². The standard InChI is InChI=1S/C18H18Br2N2/c1-21-8-6-14(7-9-21)22-17-10-12(19)2-4-15(17)16-5-3-13(20)11-18(16)22/h2-5,10-11,14H,6-9H2,1H3. The summed E-state index contributed by atoms with van der Waals surface area (Å²) in [4.78, 5) is 2.43. The normalized spacial score (nSPS) is 17.6. The lowest BCUT2D eigenvalue weighted by Gasteiger charge is -2.31. The molecule has 2 heterocycles. The number of fused-ring (bicyclic) bond motifs is 3. The number of nitrogens with zero attached hydrogens (tertiary/aromatic N) is 2. The average Bonchev–Trinajstić information content (AvgIpc) is 2.80. The zero-order chi connectivity index (χ0) is 15.3. The van der Waals surface area contributed by atoms with Gasteiger partial charge in [0.25, 0.3) is 0 Å². The second-order valence-corrected chi connectivity index (χ2v) is 8.06. The molecule has 0 saturated carbocycles. The van der Waals surface area contributed by atoms with Gasteiger partial charge in [-0.2, -0.15) is 0 Å². The first-order valence-electron chi connectivity index (χ1n) is 7.71. The van der Waals surface area contributed by atoms with E-state index in [2.05, 4.69) is 84.8 Å². The Labute approximate surface area is 147 Å². The first-order chi connectivity index (χ1) is 10.6. The van der Waals surface area contributed by atoms with E-state index in [1.807, 2.05) is 0 Å². The molecular weight excluding hydrogens is 404 g/mol. The molecule has 0 N–H and O–H groups in total. The molecule has 0 atom stereocenters. The number of rotatable bonds is 1. The molecule has 4 heteroatoms. The van der Waals surface area contributed by atoms with Crippen molar-refractivity contribution in [3.8, 4) is 0 Å². The third-order valence-electron chi connectivity index (χ3n) is 4.78. The monoisotopic (exact) mass is 420 g/mol. The lowest BCUT2D eigenvalue weighted by molar-refractivity contribution is 0.226. The Morgan fingerprint density at radius 3 is 1.86 bits per heavy atom. The van der Waals surface area contributed by atoms with Gasteiger partial charge in [0.2, 0.25) is 0 Å². The van der Waals surface area contributed by atoms with Gasteiger partial charge in [-0.3, -0.25) is 0 Å². The van der Waals surface area contributed by atoms with Crippen LogP contribution in [0.3, 0.4) is 0 Å². The molecule has 1 aliphatic heterocycles. The molecule has 114 valence electrons. The van der Waals surface area contributed by atoms with E-state index in [1.165, 1.54) is 47.7 Å². The van der Waals surface area contributed by atoms with Gasteiger partial charge in [-0.15, -0.1) is 0 Å². The highest BCUT2D eigenvalue weighted by molar-refractivity contribution is 9.10. The quantitative estimate of drug-likeness (QED) is 0.497. The largest absolute Gasteiger partial charge is 0.337 e. The first-order valence-corrected chi connectivity index (χ1v) is 9.29. The van der Waals surface area contributed by atoms with Crippen LogP contribution in [0.1, 0.15) is 18.9 Å². The Hall–Kier alpha value is -0.840. The summed E-state index contributed by atoms with van der Waals surface area (Å²) in [7, 11) is 2.22. The minimum Gasteiger partial charge on any atom is -0.337 e. The van der Waals surface area contributed by atoms with E-state index in [1.54, 1.807) is 0 Å². The van der Waals surface area contributed by atoms with Crippen molar-refractivity contribution in [1.82, 2.24) is 9.47 Å². The molecule has 2 nitrogen and oxygen atoms in total. The van der Waals surface area contributed by atoms with E-state index in [9.17, 15) is 0 Å². The number of halogens is 2. The van der Waals surface area contributed by atoms with Crippen LogP contribution < -0.4 is 0 Å². The maximum Gasteiger partial charge on any atom is 0.0505 e. The predicted octanol–water partition coefficient (Wildman–Crippen LogP) is 5.59.